The maximum atomic E-state index is 14.5. The van der Waals surface area contributed by atoms with Gasteiger partial charge in [-0.3, -0.25) is 9.78 Å². The highest BCUT2D eigenvalue weighted by atomic mass is 35.5. The zero-order valence-corrected chi connectivity index (χ0v) is 15.5. The van der Waals surface area contributed by atoms with E-state index in [0.29, 0.717) is 38.2 Å². The number of carbonyl (C=O) groups excluding carboxylic acids is 1. The van der Waals surface area contributed by atoms with Gasteiger partial charge < -0.3 is 20.5 Å². The van der Waals surface area contributed by atoms with Crippen molar-refractivity contribution in [3.05, 3.63) is 40.9 Å². The molecule has 1 aliphatic rings. The molecule has 9 heteroatoms. The van der Waals surface area contributed by atoms with Crippen molar-refractivity contribution in [2.24, 2.45) is 5.73 Å². The Balaban J connectivity index is 1.95. The third-order valence-electron chi connectivity index (χ3n) is 4.63. The summed E-state index contributed by atoms with van der Waals surface area (Å²) in [6.07, 6.45) is 5.34. The van der Waals surface area contributed by atoms with Gasteiger partial charge in [0, 0.05) is 51.5 Å². The van der Waals surface area contributed by atoms with Crippen LogP contribution in [0, 0.1) is 12.0 Å². The van der Waals surface area contributed by atoms with Crippen molar-refractivity contribution in [3.8, 4) is 11.3 Å². The molecule has 1 aliphatic heterocycles. The molecule has 3 heterocycles. The summed E-state index contributed by atoms with van der Waals surface area (Å²) in [6, 6.07) is 2.52. The molecule has 1 saturated heterocycles. The van der Waals surface area contributed by atoms with Gasteiger partial charge in [0.2, 0.25) is 0 Å². The van der Waals surface area contributed by atoms with Gasteiger partial charge in [-0.2, -0.15) is 0 Å². The van der Waals surface area contributed by atoms with Crippen molar-refractivity contribution >= 4 is 23.3 Å². The van der Waals surface area contributed by atoms with Crippen LogP contribution >= 0.6 is 11.6 Å². The fourth-order valence-corrected chi connectivity index (χ4v) is 3.16. The average Bonchev–Trinajstić information content (AvgIpc) is 2.68. The normalized spacial score (nSPS) is 16.1. The Labute approximate surface area is 161 Å². The quantitative estimate of drug-likeness (QED) is 0.782. The van der Waals surface area contributed by atoms with E-state index in [0.717, 1.165) is 6.07 Å². The molecule has 0 saturated carbocycles. The summed E-state index contributed by atoms with van der Waals surface area (Å²) >= 11 is 6.15. The predicted octanol–water partition coefficient (Wildman–Crippen LogP) is 2.44. The fraction of sp³-hybridized carbons (Fsp3) is 0.389. The summed E-state index contributed by atoms with van der Waals surface area (Å²) in [7, 11) is 1.62. The van der Waals surface area contributed by atoms with Gasteiger partial charge in [-0.1, -0.05) is 11.6 Å². The first kappa shape index (κ1) is 19.5. The maximum absolute atomic E-state index is 14.5. The Morgan fingerprint density at radius 3 is 2.89 bits per heavy atom. The van der Waals surface area contributed by atoms with Gasteiger partial charge in [-0.15, -0.1) is 0 Å². The first-order valence-corrected chi connectivity index (χ1v) is 8.73. The summed E-state index contributed by atoms with van der Waals surface area (Å²) < 4.78 is 25.5. The monoisotopic (exact) mass is 393 g/mol. The number of aromatic nitrogens is 2. The summed E-state index contributed by atoms with van der Waals surface area (Å²) in [4.78, 5) is 19.8. The highest BCUT2D eigenvalue weighted by Crippen LogP contribution is 2.31. The van der Waals surface area contributed by atoms with Crippen molar-refractivity contribution in [2.75, 3.05) is 32.2 Å². The van der Waals surface area contributed by atoms with Crippen LogP contribution in [0.4, 0.5) is 10.2 Å². The topological polar surface area (TPSA) is 99.4 Å². The summed E-state index contributed by atoms with van der Waals surface area (Å²) in [5.41, 5.74) is 5.38. The molecule has 1 fully saturated rings. The molecular formula is C18H19ClFN4O3. The van der Waals surface area contributed by atoms with Crippen LogP contribution in [0.3, 0.4) is 0 Å². The third kappa shape index (κ3) is 4.18. The van der Waals surface area contributed by atoms with Crippen molar-refractivity contribution in [3.63, 3.8) is 0 Å². The first-order chi connectivity index (χ1) is 13.0. The number of primary amides is 1. The number of pyridine rings is 2. The lowest BCUT2D eigenvalue weighted by Crippen LogP contribution is -2.44. The van der Waals surface area contributed by atoms with E-state index < -0.39 is 17.3 Å². The summed E-state index contributed by atoms with van der Waals surface area (Å²) in [6.45, 7) is 1.47. The number of nitrogens with zero attached hydrogens (tertiary/aromatic N) is 2. The van der Waals surface area contributed by atoms with E-state index in [1.807, 2.05) is 0 Å². The second kappa shape index (κ2) is 8.16. The number of halogens is 2. The molecule has 0 unspecified atom stereocenters. The Bertz CT molecular complexity index is 843. The van der Waals surface area contributed by atoms with Crippen molar-refractivity contribution in [1.82, 2.24) is 9.97 Å². The van der Waals surface area contributed by atoms with E-state index >= 15 is 0 Å². The van der Waals surface area contributed by atoms with E-state index in [-0.39, 0.29) is 22.1 Å². The van der Waals surface area contributed by atoms with E-state index in [2.05, 4.69) is 21.5 Å². The van der Waals surface area contributed by atoms with Crippen LogP contribution in [0.15, 0.2) is 18.3 Å². The van der Waals surface area contributed by atoms with Gasteiger partial charge in [0.15, 0.2) is 11.6 Å². The SMILES string of the molecule is COC1(CNc2nc(-c3c[c]ncc3Cl)c(C(N)=O)cc2F)CCOCC1. The number of nitrogens with one attached hydrogen (secondary N) is 1. The number of hydrogen-bond donors (Lipinski definition) is 2. The van der Waals surface area contributed by atoms with Crippen molar-refractivity contribution in [2.45, 2.75) is 18.4 Å². The molecule has 0 aliphatic carbocycles. The van der Waals surface area contributed by atoms with E-state index in [9.17, 15) is 9.18 Å². The molecule has 0 bridgehead atoms. The molecule has 27 heavy (non-hydrogen) atoms. The Morgan fingerprint density at radius 1 is 1.52 bits per heavy atom. The van der Waals surface area contributed by atoms with Gasteiger partial charge in [-0.05, 0) is 12.1 Å². The van der Waals surface area contributed by atoms with Crippen LogP contribution in [-0.2, 0) is 9.47 Å². The minimum absolute atomic E-state index is 0.0224. The molecule has 143 valence electrons. The fourth-order valence-electron chi connectivity index (χ4n) is 2.96. The zero-order chi connectivity index (χ0) is 19.4. The lowest BCUT2D eigenvalue weighted by atomic mass is 9.94. The van der Waals surface area contributed by atoms with Crippen LogP contribution in [0.25, 0.3) is 11.3 Å². The number of nitrogens with two attached hydrogens (primary N) is 1. The second-order valence-corrected chi connectivity index (χ2v) is 6.63. The number of ether oxygens (including phenoxy) is 2. The number of hydrogen-bond acceptors (Lipinski definition) is 6. The van der Waals surface area contributed by atoms with Gasteiger partial charge >= 0.3 is 0 Å². The predicted molar refractivity (Wildman–Crippen MR) is 98.1 cm³/mol. The lowest BCUT2D eigenvalue weighted by molar-refractivity contribution is -0.0807. The van der Waals surface area contributed by atoms with E-state index in [1.54, 1.807) is 7.11 Å². The molecular weight excluding hydrogens is 375 g/mol. The lowest BCUT2D eigenvalue weighted by Gasteiger charge is -2.36. The Morgan fingerprint density at radius 2 is 2.26 bits per heavy atom. The molecule has 1 amide bonds. The molecule has 0 atom stereocenters. The van der Waals surface area contributed by atoms with E-state index in [1.165, 1.54) is 12.3 Å². The Kier molecular flexibility index (Phi) is 5.88. The van der Waals surface area contributed by atoms with Crippen LogP contribution < -0.4 is 11.1 Å². The molecule has 3 rings (SSSR count). The molecule has 2 aromatic heterocycles. The number of amides is 1. The van der Waals surface area contributed by atoms with Crippen molar-refractivity contribution < 1.29 is 18.7 Å². The number of anilines is 1. The van der Waals surface area contributed by atoms with Crippen LogP contribution in [-0.4, -0.2) is 48.3 Å². The second-order valence-electron chi connectivity index (χ2n) is 6.23. The van der Waals surface area contributed by atoms with Crippen molar-refractivity contribution in [1.29, 1.82) is 0 Å². The van der Waals surface area contributed by atoms with Gasteiger partial charge in [0.1, 0.15) is 0 Å². The molecule has 2 aromatic rings. The average molecular weight is 394 g/mol. The maximum Gasteiger partial charge on any atom is 0.251 e. The summed E-state index contributed by atoms with van der Waals surface area (Å²) in [5.74, 6) is -1.53. The standard InChI is InChI=1S/C18H19ClFN4O3/c1-26-18(3-6-27-7-4-18)10-23-17-14(20)8-12(16(21)25)15(24-17)11-2-5-22-9-13(11)19/h2,8-9H,3-4,6-7,10H2,1H3,(H2,21,25)(H,23,24). The smallest absolute Gasteiger partial charge is 0.251 e. The minimum Gasteiger partial charge on any atom is -0.381 e. The molecule has 1 radical (unpaired) electrons. The van der Waals surface area contributed by atoms with Crippen LogP contribution in [0.1, 0.15) is 23.2 Å². The van der Waals surface area contributed by atoms with Gasteiger partial charge in [-0.25, -0.2) is 9.37 Å². The molecule has 0 aromatic carbocycles. The number of rotatable bonds is 6. The van der Waals surface area contributed by atoms with Gasteiger partial charge in [0.05, 0.1) is 28.1 Å². The number of methoxy groups -OCH3 is 1. The minimum atomic E-state index is -0.811. The molecule has 7 nitrogen and oxygen atoms in total. The number of carbonyl (C=O) groups is 1. The molecule has 0 spiro atoms. The first-order valence-electron chi connectivity index (χ1n) is 8.35. The highest BCUT2D eigenvalue weighted by molar-refractivity contribution is 6.33. The highest BCUT2D eigenvalue weighted by Gasteiger charge is 2.33. The van der Waals surface area contributed by atoms with E-state index in [4.69, 9.17) is 26.8 Å². The Hall–Kier alpha value is -2.29. The largest absolute Gasteiger partial charge is 0.381 e. The third-order valence-corrected chi connectivity index (χ3v) is 4.93. The molecule has 3 N–H and O–H groups in total. The van der Waals surface area contributed by atoms with Gasteiger partial charge in [0.25, 0.3) is 5.91 Å². The van der Waals surface area contributed by atoms with Crippen LogP contribution in [0.2, 0.25) is 5.02 Å². The van der Waals surface area contributed by atoms with Crippen LogP contribution in [0.5, 0.6) is 0 Å². The summed E-state index contributed by atoms with van der Waals surface area (Å²) in [5, 5.41) is 3.23. The zero-order valence-electron chi connectivity index (χ0n) is 14.7.